The van der Waals surface area contributed by atoms with Crippen LogP contribution in [0.4, 0.5) is 5.69 Å². The normalized spacial score (nSPS) is 11.6. The van der Waals surface area contributed by atoms with Gasteiger partial charge < -0.3 is 14.8 Å². The van der Waals surface area contributed by atoms with Crippen molar-refractivity contribution in [2.75, 3.05) is 11.9 Å². The maximum absolute atomic E-state index is 12.3. The van der Waals surface area contributed by atoms with E-state index in [1.54, 1.807) is 13.0 Å². The number of para-hydroxylation sites is 1. The van der Waals surface area contributed by atoms with Crippen LogP contribution in [0.1, 0.15) is 29.2 Å². The number of anilines is 1. The predicted molar refractivity (Wildman–Crippen MR) is 102 cm³/mol. The molecule has 138 valence electrons. The van der Waals surface area contributed by atoms with Crippen LogP contribution in [0.2, 0.25) is 0 Å². The van der Waals surface area contributed by atoms with E-state index in [0.29, 0.717) is 5.75 Å². The molecule has 0 aromatic heterocycles. The summed E-state index contributed by atoms with van der Waals surface area (Å²) in [6, 6.07) is 11.4. The molecule has 2 aromatic carbocycles. The van der Waals surface area contributed by atoms with Crippen LogP contribution < -0.4 is 10.1 Å². The zero-order valence-corrected chi connectivity index (χ0v) is 15.9. The molecule has 0 aliphatic heterocycles. The monoisotopic (exact) mass is 355 g/mol. The molecule has 0 saturated carbocycles. The summed E-state index contributed by atoms with van der Waals surface area (Å²) in [6.07, 6.45) is -0.914. The highest BCUT2D eigenvalue weighted by Gasteiger charge is 2.20. The predicted octanol–water partition coefficient (Wildman–Crippen LogP) is 3.87. The highest BCUT2D eigenvalue weighted by atomic mass is 16.6. The number of rotatable bonds is 6. The molecule has 0 radical (unpaired) electrons. The van der Waals surface area contributed by atoms with Crippen molar-refractivity contribution in [2.45, 2.75) is 40.7 Å². The first kappa shape index (κ1) is 19.5. The molecule has 5 heteroatoms. The molecule has 0 aliphatic rings. The van der Waals surface area contributed by atoms with E-state index >= 15 is 0 Å². The second-order valence-corrected chi connectivity index (χ2v) is 6.45. The number of esters is 1. The molecule has 2 aromatic rings. The number of amides is 1. The van der Waals surface area contributed by atoms with E-state index in [0.717, 1.165) is 27.9 Å². The summed E-state index contributed by atoms with van der Waals surface area (Å²) in [5.74, 6) is -0.343. The number of hydrogen-bond donors (Lipinski definition) is 1. The van der Waals surface area contributed by atoms with E-state index in [2.05, 4.69) is 5.32 Å². The zero-order valence-electron chi connectivity index (χ0n) is 15.9. The van der Waals surface area contributed by atoms with Crippen molar-refractivity contribution in [3.05, 3.63) is 58.7 Å². The third-order valence-corrected chi connectivity index (χ3v) is 4.04. The van der Waals surface area contributed by atoms with Gasteiger partial charge in [0, 0.05) is 5.69 Å². The molecule has 0 aliphatic carbocycles. The number of ether oxygens (including phenoxy) is 2. The maximum Gasteiger partial charge on any atom is 0.344 e. The standard InChI is InChI=1S/C21H25NO4/c1-13-10-15(3)20(16(4)11-13)22-21(24)17(5)26-19(23)12-25-18-9-7-6-8-14(18)2/h6-11,17H,12H2,1-5H3,(H,22,24)/t17-/m1/s1. The smallest absolute Gasteiger partial charge is 0.344 e. The Bertz CT molecular complexity index is 790. The highest BCUT2D eigenvalue weighted by Crippen LogP contribution is 2.22. The average Bonchev–Trinajstić information content (AvgIpc) is 2.57. The fourth-order valence-electron chi connectivity index (χ4n) is 2.74. The molecule has 1 N–H and O–H groups in total. The Morgan fingerprint density at radius 2 is 1.62 bits per heavy atom. The highest BCUT2D eigenvalue weighted by molar-refractivity contribution is 5.96. The van der Waals surface area contributed by atoms with Crippen molar-refractivity contribution in [3.8, 4) is 5.75 Å². The van der Waals surface area contributed by atoms with E-state index in [1.165, 1.54) is 0 Å². The lowest BCUT2D eigenvalue weighted by molar-refractivity contribution is -0.155. The molecule has 0 bridgehead atoms. The molecule has 0 saturated heterocycles. The van der Waals surface area contributed by atoms with Crippen molar-refractivity contribution >= 4 is 17.6 Å². The van der Waals surface area contributed by atoms with Crippen molar-refractivity contribution in [2.24, 2.45) is 0 Å². The van der Waals surface area contributed by atoms with Gasteiger partial charge in [0.05, 0.1) is 0 Å². The number of nitrogens with one attached hydrogen (secondary N) is 1. The van der Waals surface area contributed by atoms with E-state index in [-0.39, 0.29) is 12.5 Å². The first-order chi connectivity index (χ1) is 12.3. The van der Waals surface area contributed by atoms with Crippen LogP contribution in [0.15, 0.2) is 36.4 Å². The quantitative estimate of drug-likeness (QED) is 0.799. The molecule has 0 heterocycles. The van der Waals surface area contributed by atoms with Crippen molar-refractivity contribution in [1.82, 2.24) is 0 Å². The second-order valence-electron chi connectivity index (χ2n) is 6.45. The third-order valence-electron chi connectivity index (χ3n) is 4.04. The Hall–Kier alpha value is -2.82. The molecular formula is C21H25NO4. The zero-order chi connectivity index (χ0) is 19.3. The summed E-state index contributed by atoms with van der Waals surface area (Å²) in [5, 5.41) is 2.84. The summed E-state index contributed by atoms with van der Waals surface area (Å²) in [4.78, 5) is 24.3. The summed E-state index contributed by atoms with van der Waals surface area (Å²) in [7, 11) is 0. The fourth-order valence-corrected chi connectivity index (χ4v) is 2.74. The number of carbonyl (C=O) groups is 2. The number of benzene rings is 2. The van der Waals surface area contributed by atoms with Crippen LogP contribution >= 0.6 is 0 Å². The lowest BCUT2D eigenvalue weighted by atomic mass is 10.0. The van der Waals surface area contributed by atoms with Crippen molar-refractivity contribution < 1.29 is 19.1 Å². The van der Waals surface area contributed by atoms with Gasteiger partial charge >= 0.3 is 5.97 Å². The van der Waals surface area contributed by atoms with Gasteiger partial charge in [-0.2, -0.15) is 0 Å². The summed E-state index contributed by atoms with van der Waals surface area (Å²) in [5.41, 5.74) is 4.75. The summed E-state index contributed by atoms with van der Waals surface area (Å²) < 4.78 is 10.6. The summed E-state index contributed by atoms with van der Waals surface area (Å²) in [6.45, 7) is 9.06. The molecule has 0 spiro atoms. The van der Waals surface area contributed by atoms with E-state index < -0.39 is 12.1 Å². The van der Waals surface area contributed by atoms with Gasteiger partial charge in [-0.05, 0) is 57.4 Å². The van der Waals surface area contributed by atoms with Gasteiger partial charge in [0.25, 0.3) is 5.91 Å². The Morgan fingerprint density at radius 3 is 2.23 bits per heavy atom. The van der Waals surface area contributed by atoms with E-state index in [1.807, 2.05) is 58.0 Å². The largest absolute Gasteiger partial charge is 0.482 e. The molecule has 1 atom stereocenters. The number of carbonyl (C=O) groups excluding carboxylic acids is 2. The van der Waals surface area contributed by atoms with Gasteiger partial charge in [-0.25, -0.2) is 4.79 Å². The van der Waals surface area contributed by atoms with Crippen LogP contribution in [0.5, 0.6) is 5.75 Å². The van der Waals surface area contributed by atoms with Crippen LogP contribution in [-0.2, 0) is 14.3 Å². The lowest BCUT2D eigenvalue weighted by Gasteiger charge is -2.17. The van der Waals surface area contributed by atoms with Gasteiger partial charge in [-0.1, -0.05) is 35.9 Å². The first-order valence-corrected chi connectivity index (χ1v) is 8.54. The molecule has 2 rings (SSSR count). The van der Waals surface area contributed by atoms with Gasteiger partial charge in [0.2, 0.25) is 0 Å². The number of aryl methyl sites for hydroxylation is 4. The molecular weight excluding hydrogens is 330 g/mol. The molecule has 26 heavy (non-hydrogen) atoms. The molecule has 1 amide bonds. The molecule has 0 unspecified atom stereocenters. The maximum atomic E-state index is 12.3. The first-order valence-electron chi connectivity index (χ1n) is 8.54. The van der Waals surface area contributed by atoms with E-state index in [9.17, 15) is 9.59 Å². The Morgan fingerprint density at radius 1 is 1.00 bits per heavy atom. The SMILES string of the molecule is Cc1cc(C)c(NC(=O)[C@@H](C)OC(=O)COc2ccccc2C)c(C)c1. The molecule has 0 fully saturated rings. The minimum Gasteiger partial charge on any atom is -0.482 e. The van der Waals surface area contributed by atoms with Crippen molar-refractivity contribution in [3.63, 3.8) is 0 Å². The van der Waals surface area contributed by atoms with Crippen LogP contribution in [0, 0.1) is 27.7 Å². The Labute approximate surface area is 154 Å². The van der Waals surface area contributed by atoms with Gasteiger partial charge in [0.15, 0.2) is 12.7 Å². The topological polar surface area (TPSA) is 64.6 Å². The van der Waals surface area contributed by atoms with E-state index in [4.69, 9.17) is 9.47 Å². The minimum absolute atomic E-state index is 0.245. The van der Waals surface area contributed by atoms with Crippen LogP contribution in [0.25, 0.3) is 0 Å². The van der Waals surface area contributed by atoms with Crippen molar-refractivity contribution in [1.29, 1.82) is 0 Å². The Balaban J connectivity index is 1.90. The number of hydrogen-bond acceptors (Lipinski definition) is 4. The lowest BCUT2D eigenvalue weighted by Crippen LogP contribution is -2.32. The van der Waals surface area contributed by atoms with Gasteiger partial charge in [-0.15, -0.1) is 0 Å². The Kier molecular flexibility index (Phi) is 6.39. The molecule has 5 nitrogen and oxygen atoms in total. The third kappa shape index (κ3) is 5.09. The van der Waals surface area contributed by atoms with Crippen LogP contribution in [0.3, 0.4) is 0 Å². The van der Waals surface area contributed by atoms with Crippen LogP contribution in [-0.4, -0.2) is 24.6 Å². The average molecular weight is 355 g/mol. The summed E-state index contributed by atoms with van der Waals surface area (Å²) >= 11 is 0. The van der Waals surface area contributed by atoms with Gasteiger partial charge in [-0.3, -0.25) is 4.79 Å². The fraction of sp³-hybridized carbons (Fsp3) is 0.333. The van der Waals surface area contributed by atoms with Gasteiger partial charge in [0.1, 0.15) is 5.75 Å². The minimum atomic E-state index is -0.914. The second kappa shape index (κ2) is 8.52.